The number of carbonyl (C=O) groups excluding carboxylic acids is 1. The van der Waals surface area contributed by atoms with Gasteiger partial charge in [-0.2, -0.15) is 5.10 Å². The number of hydrogen-bond donors (Lipinski definition) is 2. The average molecular weight is 238 g/mol. The molecular weight excluding hydrogens is 220 g/mol. The number of carbonyl (C=O) groups is 1. The fraction of sp³-hybridized carbons (Fsp3) is 0.636. The van der Waals surface area contributed by atoms with Crippen molar-refractivity contribution in [3.05, 3.63) is 11.9 Å². The minimum absolute atomic E-state index is 0.163. The van der Waals surface area contributed by atoms with Gasteiger partial charge in [-0.25, -0.2) is 4.79 Å². The van der Waals surface area contributed by atoms with Gasteiger partial charge in [0, 0.05) is 26.4 Å². The number of aromatic nitrogens is 2. The summed E-state index contributed by atoms with van der Waals surface area (Å²) in [5.74, 6) is 0. The highest BCUT2D eigenvalue weighted by atomic mass is 16.5. The highest BCUT2D eigenvalue weighted by Crippen LogP contribution is 2.12. The minimum atomic E-state index is -0.211. The zero-order valence-corrected chi connectivity index (χ0v) is 10.2. The van der Waals surface area contributed by atoms with Crippen LogP contribution in [-0.2, 0) is 11.8 Å². The van der Waals surface area contributed by atoms with Crippen molar-refractivity contribution in [1.29, 1.82) is 0 Å². The average Bonchev–Trinajstić information content (AvgIpc) is 2.87. The van der Waals surface area contributed by atoms with Gasteiger partial charge in [-0.1, -0.05) is 0 Å². The number of nitrogens with zero attached hydrogens (tertiary/aromatic N) is 2. The maximum absolute atomic E-state index is 11.6. The Morgan fingerprint density at radius 1 is 1.71 bits per heavy atom. The molecule has 1 aliphatic rings. The van der Waals surface area contributed by atoms with E-state index in [1.807, 2.05) is 14.0 Å². The lowest BCUT2D eigenvalue weighted by atomic mass is 10.2. The third-order valence-corrected chi connectivity index (χ3v) is 2.78. The van der Waals surface area contributed by atoms with Crippen LogP contribution in [0.15, 0.2) is 6.20 Å². The fourth-order valence-electron chi connectivity index (χ4n) is 1.90. The van der Waals surface area contributed by atoms with E-state index in [0.717, 1.165) is 30.8 Å². The maximum atomic E-state index is 11.6. The van der Waals surface area contributed by atoms with E-state index in [0.29, 0.717) is 6.54 Å². The molecule has 0 saturated carbocycles. The van der Waals surface area contributed by atoms with E-state index in [2.05, 4.69) is 15.7 Å². The Hall–Kier alpha value is -1.56. The Morgan fingerprint density at radius 2 is 2.53 bits per heavy atom. The fourth-order valence-corrected chi connectivity index (χ4v) is 1.90. The summed E-state index contributed by atoms with van der Waals surface area (Å²) in [5.41, 5.74) is 1.54. The monoisotopic (exact) mass is 238 g/mol. The standard InChI is InChI=1S/C11H18N4O2/c1-8-10(7-15(2)14-8)13-11(16)12-6-9-4-3-5-17-9/h7,9H,3-6H2,1-2H3,(H2,12,13,16). The number of ether oxygens (including phenoxy) is 1. The first-order chi connectivity index (χ1) is 8.15. The van der Waals surface area contributed by atoms with Gasteiger partial charge in [-0.05, 0) is 19.8 Å². The Balaban J connectivity index is 1.78. The largest absolute Gasteiger partial charge is 0.376 e. The third-order valence-electron chi connectivity index (χ3n) is 2.78. The van der Waals surface area contributed by atoms with Crippen molar-refractivity contribution in [2.75, 3.05) is 18.5 Å². The van der Waals surface area contributed by atoms with E-state index in [1.165, 1.54) is 0 Å². The lowest BCUT2D eigenvalue weighted by molar-refractivity contribution is 0.112. The number of amides is 2. The van der Waals surface area contributed by atoms with Gasteiger partial charge >= 0.3 is 6.03 Å². The molecule has 1 aromatic heterocycles. The smallest absolute Gasteiger partial charge is 0.319 e. The number of hydrogen-bond acceptors (Lipinski definition) is 3. The molecule has 2 N–H and O–H groups in total. The van der Waals surface area contributed by atoms with Crippen LogP contribution in [0.1, 0.15) is 18.5 Å². The van der Waals surface area contributed by atoms with Gasteiger partial charge in [0.05, 0.1) is 17.5 Å². The molecule has 94 valence electrons. The molecule has 0 aromatic carbocycles. The molecule has 0 radical (unpaired) electrons. The summed E-state index contributed by atoms with van der Waals surface area (Å²) < 4.78 is 7.09. The molecule has 17 heavy (non-hydrogen) atoms. The molecule has 1 fully saturated rings. The summed E-state index contributed by atoms with van der Waals surface area (Å²) in [4.78, 5) is 11.6. The molecule has 2 amide bonds. The van der Waals surface area contributed by atoms with Crippen LogP contribution in [0.2, 0.25) is 0 Å². The summed E-state index contributed by atoms with van der Waals surface area (Å²) >= 11 is 0. The van der Waals surface area contributed by atoms with E-state index < -0.39 is 0 Å². The lowest BCUT2D eigenvalue weighted by Crippen LogP contribution is -2.35. The summed E-state index contributed by atoms with van der Waals surface area (Å²) in [6, 6.07) is -0.211. The molecule has 0 aliphatic carbocycles. The molecule has 1 atom stereocenters. The number of nitrogens with one attached hydrogen (secondary N) is 2. The third kappa shape index (κ3) is 3.20. The van der Waals surface area contributed by atoms with Crippen molar-refractivity contribution in [1.82, 2.24) is 15.1 Å². The SMILES string of the molecule is Cc1nn(C)cc1NC(=O)NCC1CCCO1. The summed E-state index contributed by atoms with van der Waals surface area (Å²) in [6.45, 7) is 3.22. The number of urea groups is 1. The van der Waals surface area contributed by atoms with Crippen LogP contribution in [0.3, 0.4) is 0 Å². The van der Waals surface area contributed by atoms with Crippen molar-refractivity contribution in [3.63, 3.8) is 0 Å². The summed E-state index contributed by atoms with van der Waals surface area (Å²) in [5, 5.41) is 9.71. The molecule has 0 bridgehead atoms. The van der Waals surface area contributed by atoms with Crippen LogP contribution in [0, 0.1) is 6.92 Å². The van der Waals surface area contributed by atoms with Crippen LogP contribution in [0.25, 0.3) is 0 Å². The van der Waals surface area contributed by atoms with Gasteiger partial charge < -0.3 is 15.4 Å². The molecule has 0 spiro atoms. The number of anilines is 1. The maximum Gasteiger partial charge on any atom is 0.319 e. The first-order valence-corrected chi connectivity index (χ1v) is 5.82. The topological polar surface area (TPSA) is 68.2 Å². The normalized spacial score (nSPS) is 19.3. The quantitative estimate of drug-likeness (QED) is 0.826. The molecule has 1 aliphatic heterocycles. The van der Waals surface area contributed by atoms with Crippen molar-refractivity contribution in [2.45, 2.75) is 25.9 Å². The zero-order valence-electron chi connectivity index (χ0n) is 10.2. The van der Waals surface area contributed by atoms with Crippen molar-refractivity contribution in [2.24, 2.45) is 7.05 Å². The molecule has 1 saturated heterocycles. The Kier molecular flexibility index (Phi) is 3.63. The molecule has 2 rings (SSSR count). The molecule has 2 heterocycles. The Labute approximate surface area is 100 Å². The first kappa shape index (κ1) is 11.9. The molecular formula is C11H18N4O2. The second kappa shape index (κ2) is 5.18. The molecule has 1 unspecified atom stereocenters. The van der Waals surface area contributed by atoms with Gasteiger partial charge in [0.1, 0.15) is 0 Å². The minimum Gasteiger partial charge on any atom is -0.376 e. The van der Waals surface area contributed by atoms with E-state index in [4.69, 9.17) is 4.74 Å². The van der Waals surface area contributed by atoms with Gasteiger partial charge in [0.15, 0.2) is 0 Å². The van der Waals surface area contributed by atoms with Gasteiger partial charge in [0.25, 0.3) is 0 Å². The highest BCUT2D eigenvalue weighted by molar-refractivity contribution is 5.89. The first-order valence-electron chi connectivity index (χ1n) is 5.82. The number of rotatable bonds is 3. The van der Waals surface area contributed by atoms with E-state index in [1.54, 1.807) is 10.9 Å². The van der Waals surface area contributed by atoms with Gasteiger partial charge in [-0.3, -0.25) is 4.68 Å². The van der Waals surface area contributed by atoms with Crippen LogP contribution >= 0.6 is 0 Å². The van der Waals surface area contributed by atoms with Gasteiger partial charge in [-0.15, -0.1) is 0 Å². The van der Waals surface area contributed by atoms with E-state index >= 15 is 0 Å². The zero-order chi connectivity index (χ0) is 12.3. The predicted molar refractivity (Wildman–Crippen MR) is 63.9 cm³/mol. The predicted octanol–water partition coefficient (Wildman–Crippen LogP) is 1.03. The molecule has 6 heteroatoms. The summed E-state index contributed by atoms with van der Waals surface area (Å²) in [6.07, 6.45) is 4.04. The molecule has 6 nitrogen and oxygen atoms in total. The van der Waals surface area contributed by atoms with E-state index in [9.17, 15) is 4.79 Å². The van der Waals surface area contributed by atoms with Crippen molar-refractivity contribution >= 4 is 11.7 Å². The second-order valence-corrected chi connectivity index (χ2v) is 4.27. The van der Waals surface area contributed by atoms with Gasteiger partial charge in [0.2, 0.25) is 0 Å². The Bertz CT molecular complexity index is 396. The van der Waals surface area contributed by atoms with Crippen LogP contribution in [-0.4, -0.2) is 35.1 Å². The summed E-state index contributed by atoms with van der Waals surface area (Å²) in [7, 11) is 1.82. The second-order valence-electron chi connectivity index (χ2n) is 4.27. The lowest BCUT2D eigenvalue weighted by Gasteiger charge is -2.11. The Morgan fingerprint density at radius 3 is 3.12 bits per heavy atom. The van der Waals surface area contributed by atoms with E-state index in [-0.39, 0.29) is 12.1 Å². The number of aryl methyl sites for hydroxylation is 2. The highest BCUT2D eigenvalue weighted by Gasteiger charge is 2.16. The van der Waals surface area contributed by atoms with Crippen LogP contribution < -0.4 is 10.6 Å². The molecule has 1 aromatic rings. The van der Waals surface area contributed by atoms with Crippen molar-refractivity contribution < 1.29 is 9.53 Å². The van der Waals surface area contributed by atoms with Crippen LogP contribution in [0.4, 0.5) is 10.5 Å². The van der Waals surface area contributed by atoms with Crippen LogP contribution in [0.5, 0.6) is 0 Å². The van der Waals surface area contributed by atoms with Crippen molar-refractivity contribution in [3.8, 4) is 0 Å².